The fraction of sp³-hybridized carbons (Fsp3) is 0.714. The molecule has 2 rings (SSSR count). The smallest absolute Gasteiger partial charge is 0.165 e. The molecule has 1 saturated carbocycles. The molecule has 0 spiro atoms. The minimum absolute atomic E-state index is 0.659. The van der Waals surface area contributed by atoms with Crippen LogP contribution in [0.25, 0.3) is 0 Å². The summed E-state index contributed by atoms with van der Waals surface area (Å²) in [5, 5.41) is 3.71. The average Bonchev–Trinajstić information content (AvgIpc) is 2.64. The Hall–Kier alpha value is -1.22. The molecule has 0 aromatic heterocycles. The van der Waals surface area contributed by atoms with Crippen LogP contribution in [0.4, 0.5) is 0 Å². The van der Waals surface area contributed by atoms with Gasteiger partial charge in [0.05, 0.1) is 13.7 Å². The molecule has 0 bridgehead atoms. The highest BCUT2D eigenvalue weighted by Gasteiger charge is 2.15. The molecular weight excluding hydrogens is 298 g/mol. The first-order valence-electron chi connectivity index (χ1n) is 9.87. The van der Waals surface area contributed by atoms with E-state index in [1.165, 1.54) is 63.4 Å². The van der Waals surface area contributed by atoms with Crippen molar-refractivity contribution < 1.29 is 9.47 Å². The number of benzene rings is 1. The lowest BCUT2D eigenvalue weighted by Crippen LogP contribution is -2.30. The van der Waals surface area contributed by atoms with E-state index in [1.807, 2.05) is 6.07 Å². The lowest BCUT2D eigenvalue weighted by Gasteiger charge is -2.24. The third-order valence-electron chi connectivity index (χ3n) is 4.96. The van der Waals surface area contributed by atoms with Gasteiger partial charge in [-0.2, -0.15) is 0 Å². The van der Waals surface area contributed by atoms with E-state index in [0.29, 0.717) is 6.04 Å². The van der Waals surface area contributed by atoms with Gasteiger partial charge in [-0.3, -0.25) is 0 Å². The lowest BCUT2D eigenvalue weighted by molar-refractivity contribution is 0.279. The Labute approximate surface area is 148 Å². The summed E-state index contributed by atoms with van der Waals surface area (Å²) in [7, 11) is 1.72. The first-order valence-corrected chi connectivity index (χ1v) is 9.87. The molecule has 0 unspecified atom stereocenters. The zero-order chi connectivity index (χ0) is 17.0. The van der Waals surface area contributed by atoms with E-state index in [9.17, 15) is 0 Å². The second kappa shape index (κ2) is 11.4. The summed E-state index contributed by atoms with van der Waals surface area (Å²) in [6.07, 6.45) is 13.0. The van der Waals surface area contributed by atoms with Crippen LogP contribution >= 0.6 is 0 Å². The molecule has 24 heavy (non-hydrogen) atoms. The van der Waals surface area contributed by atoms with Crippen molar-refractivity contribution in [2.45, 2.75) is 83.7 Å². The molecule has 0 atom stereocenters. The molecule has 1 N–H and O–H groups in total. The monoisotopic (exact) mass is 333 g/mol. The minimum atomic E-state index is 0.659. The summed E-state index contributed by atoms with van der Waals surface area (Å²) >= 11 is 0. The molecule has 1 aromatic carbocycles. The van der Waals surface area contributed by atoms with Crippen LogP contribution in [0, 0.1) is 0 Å². The molecule has 0 heterocycles. The summed E-state index contributed by atoms with van der Waals surface area (Å²) < 4.78 is 11.6. The van der Waals surface area contributed by atoms with E-state index in [0.717, 1.165) is 31.1 Å². The fourth-order valence-electron chi connectivity index (χ4n) is 3.47. The van der Waals surface area contributed by atoms with Gasteiger partial charge in [0.2, 0.25) is 0 Å². The molecule has 1 aliphatic carbocycles. The van der Waals surface area contributed by atoms with Gasteiger partial charge in [0.15, 0.2) is 11.5 Å². The molecule has 0 amide bonds. The van der Waals surface area contributed by atoms with Crippen LogP contribution in [-0.4, -0.2) is 19.8 Å². The van der Waals surface area contributed by atoms with Crippen molar-refractivity contribution in [3.05, 3.63) is 23.8 Å². The Bertz CT molecular complexity index is 455. The van der Waals surface area contributed by atoms with Crippen LogP contribution in [0.3, 0.4) is 0 Å². The summed E-state index contributed by atoms with van der Waals surface area (Å²) in [5.74, 6) is 1.78. The van der Waals surface area contributed by atoms with Crippen molar-refractivity contribution in [1.82, 2.24) is 5.32 Å². The van der Waals surface area contributed by atoms with Crippen molar-refractivity contribution in [3.8, 4) is 11.5 Å². The van der Waals surface area contributed by atoms with Gasteiger partial charge < -0.3 is 14.8 Å². The highest BCUT2D eigenvalue weighted by atomic mass is 16.5. The minimum Gasteiger partial charge on any atom is -0.493 e. The fourth-order valence-corrected chi connectivity index (χ4v) is 3.47. The van der Waals surface area contributed by atoms with Crippen LogP contribution in [-0.2, 0) is 6.54 Å². The molecule has 1 aliphatic rings. The topological polar surface area (TPSA) is 30.5 Å². The number of methoxy groups -OCH3 is 1. The number of ether oxygens (including phenoxy) is 2. The number of nitrogens with one attached hydrogen (secondary N) is 1. The molecule has 136 valence electrons. The summed E-state index contributed by atoms with van der Waals surface area (Å²) in [6, 6.07) is 6.87. The maximum absolute atomic E-state index is 6.11. The van der Waals surface area contributed by atoms with Crippen molar-refractivity contribution >= 4 is 0 Å². The number of hydrogen-bond acceptors (Lipinski definition) is 3. The quantitative estimate of drug-likeness (QED) is 0.545. The summed E-state index contributed by atoms with van der Waals surface area (Å²) in [6.45, 7) is 3.89. The third kappa shape index (κ3) is 6.35. The molecule has 3 nitrogen and oxygen atoms in total. The summed E-state index contributed by atoms with van der Waals surface area (Å²) in [5.41, 5.74) is 1.22. The second-order valence-corrected chi connectivity index (χ2v) is 6.93. The Kier molecular flexibility index (Phi) is 9.04. The van der Waals surface area contributed by atoms with Crippen LogP contribution in [0.2, 0.25) is 0 Å². The molecule has 0 radical (unpaired) electrons. The van der Waals surface area contributed by atoms with Crippen molar-refractivity contribution in [1.29, 1.82) is 0 Å². The van der Waals surface area contributed by atoms with Crippen molar-refractivity contribution in [2.75, 3.05) is 13.7 Å². The third-order valence-corrected chi connectivity index (χ3v) is 4.96. The number of rotatable bonds is 11. The number of hydrogen-bond donors (Lipinski definition) is 1. The van der Waals surface area contributed by atoms with E-state index in [4.69, 9.17) is 9.47 Å². The number of para-hydroxylation sites is 1. The largest absolute Gasteiger partial charge is 0.493 e. The van der Waals surface area contributed by atoms with Crippen LogP contribution < -0.4 is 14.8 Å². The molecule has 1 fully saturated rings. The van der Waals surface area contributed by atoms with Gasteiger partial charge in [-0.25, -0.2) is 0 Å². The zero-order valence-electron chi connectivity index (χ0n) is 15.6. The van der Waals surface area contributed by atoms with Gasteiger partial charge in [-0.1, -0.05) is 64.0 Å². The molecule has 0 aliphatic heterocycles. The van der Waals surface area contributed by atoms with E-state index < -0.39 is 0 Å². The second-order valence-electron chi connectivity index (χ2n) is 6.93. The predicted octanol–water partition coefficient (Wildman–Crippen LogP) is 5.47. The van der Waals surface area contributed by atoms with Gasteiger partial charge in [-0.15, -0.1) is 0 Å². The Morgan fingerprint density at radius 2 is 1.83 bits per heavy atom. The van der Waals surface area contributed by atoms with Gasteiger partial charge in [-0.05, 0) is 25.3 Å². The Morgan fingerprint density at radius 3 is 2.58 bits per heavy atom. The van der Waals surface area contributed by atoms with E-state index in [-0.39, 0.29) is 0 Å². The Morgan fingerprint density at radius 1 is 1.04 bits per heavy atom. The van der Waals surface area contributed by atoms with E-state index in [1.54, 1.807) is 7.11 Å². The van der Waals surface area contributed by atoms with Gasteiger partial charge >= 0.3 is 0 Å². The summed E-state index contributed by atoms with van der Waals surface area (Å²) in [4.78, 5) is 0. The highest BCUT2D eigenvalue weighted by molar-refractivity contribution is 5.46. The molecule has 1 aromatic rings. The van der Waals surface area contributed by atoms with E-state index in [2.05, 4.69) is 24.4 Å². The first-order chi connectivity index (χ1) is 11.8. The van der Waals surface area contributed by atoms with Crippen LogP contribution in [0.5, 0.6) is 11.5 Å². The van der Waals surface area contributed by atoms with Gasteiger partial charge in [0, 0.05) is 18.2 Å². The lowest BCUT2D eigenvalue weighted by atomic mass is 9.95. The predicted molar refractivity (Wildman–Crippen MR) is 101 cm³/mol. The standard InChI is InChI=1S/C21H35NO2/c1-3-4-5-6-10-16-24-21-18(12-11-15-20(21)23-2)17-22-19-13-8-7-9-14-19/h11-12,15,19,22H,3-10,13-14,16-17H2,1-2H3. The molecule has 3 heteroatoms. The van der Waals surface area contributed by atoms with Crippen molar-refractivity contribution in [2.24, 2.45) is 0 Å². The normalized spacial score (nSPS) is 15.4. The van der Waals surface area contributed by atoms with Crippen molar-refractivity contribution in [3.63, 3.8) is 0 Å². The molecule has 0 saturated heterocycles. The zero-order valence-corrected chi connectivity index (χ0v) is 15.6. The van der Waals surface area contributed by atoms with Gasteiger partial charge in [0.25, 0.3) is 0 Å². The Balaban J connectivity index is 1.86. The highest BCUT2D eigenvalue weighted by Crippen LogP contribution is 2.31. The molecular formula is C21H35NO2. The average molecular weight is 334 g/mol. The number of unbranched alkanes of at least 4 members (excludes halogenated alkanes) is 4. The van der Waals surface area contributed by atoms with Crippen LogP contribution in [0.1, 0.15) is 76.7 Å². The van der Waals surface area contributed by atoms with E-state index >= 15 is 0 Å². The first kappa shape index (κ1) is 19.1. The van der Waals surface area contributed by atoms with Crippen LogP contribution in [0.15, 0.2) is 18.2 Å². The van der Waals surface area contributed by atoms with Gasteiger partial charge in [0.1, 0.15) is 0 Å². The SMILES string of the molecule is CCCCCCCOc1c(CNC2CCCCC2)cccc1OC. The maximum atomic E-state index is 6.11. The maximum Gasteiger partial charge on any atom is 0.165 e.